The molecule has 2 amide bonds. The van der Waals surface area contributed by atoms with E-state index in [1.54, 1.807) is 52.0 Å². The van der Waals surface area contributed by atoms with Crippen LogP contribution < -0.4 is 21.3 Å². The average molecular weight is 884 g/mol. The molecule has 2 aliphatic heterocycles. The first-order valence-electron chi connectivity index (χ1n) is 21.8. The Morgan fingerprint density at radius 3 is 2.11 bits per heavy atom. The second-order valence-electron chi connectivity index (χ2n) is 18.3. The molecule has 1 aliphatic carbocycles. The van der Waals surface area contributed by atoms with Crippen LogP contribution in [0.3, 0.4) is 0 Å². The van der Waals surface area contributed by atoms with E-state index in [0.29, 0.717) is 54.0 Å². The standard InChI is InChI=1S/C32H36F4N6O.C10H20N2O2.C4H9NO/c1-37-29(17-3-4-17)32(43)41-15-21(36)9-22(41)13-25-24-7-5-18(33)11-26(24)38-30(25)31-39-27-12-19(34)6-8-28(27)42(31)16-23-10-20(35)14-40(23)2;1-7(11-5)9(14)12-8(6-13)10(2,3)4;1-4(3-6)5-2/h5-8,11-12,17,20-23,29,37-38H,3-4,9-10,13-16H2,1-2H3;6-8,11H,1-5H3,(H,12,14);3-5H,1-2H3. The monoisotopic (exact) mass is 884 g/mol. The van der Waals surface area contributed by atoms with Crippen LogP contribution in [0.1, 0.15) is 65.9 Å². The van der Waals surface area contributed by atoms with E-state index in [1.165, 1.54) is 24.3 Å². The van der Waals surface area contributed by atoms with E-state index in [4.69, 9.17) is 4.98 Å². The third-order valence-corrected chi connectivity index (χ3v) is 12.4. The molecular formula is C46H65F4N9O4. The molecular weight excluding hydrogens is 819 g/mol. The number of hydrogen-bond acceptors (Lipinski definition) is 9. The summed E-state index contributed by atoms with van der Waals surface area (Å²) in [7, 11) is 7.11. The number of benzene rings is 2. The predicted molar refractivity (Wildman–Crippen MR) is 238 cm³/mol. The number of nitrogens with zero attached hydrogens (tertiary/aromatic N) is 4. The molecule has 17 heteroatoms. The van der Waals surface area contributed by atoms with Crippen molar-refractivity contribution in [2.45, 2.75) is 122 Å². The summed E-state index contributed by atoms with van der Waals surface area (Å²) in [6.07, 6.45) is 2.41. The van der Waals surface area contributed by atoms with Gasteiger partial charge in [-0.15, -0.1) is 0 Å². The van der Waals surface area contributed by atoms with Crippen LogP contribution in [0.25, 0.3) is 33.5 Å². The number of nitrogens with one attached hydrogen (secondary N) is 5. The first-order valence-corrected chi connectivity index (χ1v) is 21.8. The number of fused-ring (bicyclic) bond motifs is 2. The number of amides is 2. The highest BCUT2D eigenvalue weighted by Gasteiger charge is 2.43. The number of likely N-dealkylation sites (N-methyl/N-ethyl adjacent to an activating group) is 4. The first kappa shape index (κ1) is 49.3. The van der Waals surface area contributed by atoms with Crippen LogP contribution in [-0.2, 0) is 32.1 Å². The van der Waals surface area contributed by atoms with Crippen LogP contribution in [0.2, 0.25) is 0 Å². The molecule has 346 valence electrons. The molecule has 2 aromatic heterocycles. The zero-order valence-corrected chi connectivity index (χ0v) is 37.9. The number of alkyl halides is 2. The van der Waals surface area contributed by atoms with Gasteiger partial charge in [0.15, 0.2) is 5.82 Å². The second kappa shape index (κ2) is 21.3. The quantitative estimate of drug-likeness (QED) is 0.0860. The topological polar surface area (TPSA) is 156 Å². The van der Waals surface area contributed by atoms with E-state index in [0.717, 1.165) is 36.4 Å². The summed E-state index contributed by atoms with van der Waals surface area (Å²) in [6.45, 7) is 10.1. The number of hydrogen-bond donors (Lipinski definition) is 5. The molecule has 2 saturated heterocycles. The van der Waals surface area contributed by atoms with Gasteiger partial charge in [0.1, 0.15) is 36.6 Å². The van der Waals surface area contributed by atoms with Crippen molar-refractivity contribution in [3.05, 3.63) is 53.6 Å². The minimum absolute atomic E-state index is 0.00463. The maximum atomic E-state index is 15.0. The fourth-order valence-corrected chi connectivity index (χ4v) is 8.20. The Hall–Kier alpha value is -4.71. The van der Waals surface area contributed by atoms with Crippen molar-refractivity contribution in [2.75, 3.05) is 41.3 Å². The Labute approximate surface area is 367 Å². The molecule has 5 N–H and O–H groups in total. The van der Waals surface area contributed by atoms with Crippen LogP contribution in [-0.4, -0.2) is 139 Å². The number of H-pyrrole nitrogens is 1. The van der Waals surface area contributed by atoms with Gasteiger partial charge in [0, 0.05) is 48.6 Å². The molecule has 3 aliphatic rings. The highest BCUT2D eigenvalue weighted by molar-refractivity contribution is 5.92. The second-order valence-corrected chi connectivity index (χ2v) is 18.3. The maximum Gasteiger partial charge on any atom is 0.240 e. The summed E-state index contributed by atoms with van der Waals surface area (Å²) < 4.78 is 60.1. The molecule has 63 heavy (non-hydrogen) atoms. The van der Waals surface area contributed by atoms with Gasteiger partial charge in [-0.25, -0.2) is 22.5 Å². The third-order valence-electron chi connectivity index (χ3n) is 12.4. The van der Waals surface area contributed by atoms with E-state index in [2.05, 4.69) is 26.3 Å². The van der Waals surface area contributed by atoms with Gasteiger partial charge in [-0.1, -0.05) is 20.8 Å². The van der Waals surface area contributed by atoms with Gasteiger partial charge in [-0.05, 0) is 115 Å². The predicted octanol–water partition coefficient (Wildman–Crippen LogP) is 5.10. The van der Waals surface area contributed by atoms with Crippen molar-refractivity contribution in [1.82, 2.24) is 45.6 Å². The van der Waals surface area contributed by atoms with Crippen molar-refractivity contribution < 1.29 is 36.7 Å². The van der Waals surface area contributed by atoms with E-state index in [9.17, 15) is 36.7 Å². The molecule has 3 fully saturated rings. The van der Waals surface area contributed by atoms with Crippen molar-refractivity contribution >= 4 is 46.3 Å². The summed E-state index contributed by atoms with van der Waals surface area (Å²) >= 11 is 0. The van der Waals surface area contributed by atoms with Crippen LogP contribution >= 0.6 is 0 Å². The third kappa shape index (κ3) is 12.1. The van der Waals surface area contributed by atoms with Crippen LogP contribution in [0, 0.1) is 23.0 Å². The lowest BCUT2D eigenvalue weighted by Crippen LogP contribution is -2.50. The lowest BCUT2D eigenvalue weighted by molar-refractivity contribution is -0.134. The Balaban J connectivity index is 0.000000313. The summed E-state index contributed by atoms with van der Waals surface area (Å²) in [5, 5.41) is 12.1. The molecule has 1 saturated carbocycles. The zero-order valence-electron chi connectivity index (χ0n) is 37.9. The summed E-state index contributed by atoms with van der Waals surface area (Å²) in [5.74, 6) is -0.294. The minimum Gasteiger partial charge on any atom is -0.352 e. The number of likely N-dealkylation sites (tertiary alicyclic amines) is 2. The smallest absolute Gasteiger partial charge is 0.240 e. The van der Waals surface area contributed by atoms with Gasteiger partial charge in [-0.2, -0.15) is 0 Å². The highest BCUT2D eigenvalue weighted by Crippen LogP contribution is 2.38. The molecule has 0 spiro atoms. The van der Waals surface area contributed by atoms with Crippen LogP contribution in [0.4, 0.5) is 17.6 Å². The summed E-state index contributed by atoms with van der Waals surface area (Å²) in [6, 6.07) is 7.36. The SMILES string of the molecule is CNC(C(=O)N1CC(F)CC1Cc1c(-c2nc3cc(F)ccc3n2CC2CC(F)CN2C)[nH]c2cc(F)ccc12)C1CC1.CNC(C)C(=O)NC(C=O)C(C)(C)C.CNC(C)C=O. The van der Waals surface area contributed by atoms with Crippen molar-refractivity contribution in [3.63, 3.8) is 0 Å². The lowest BCUT2D eigenvalue weighted by atomic mass is 9.87. The number of aromatic nitrogens is 3. The fraction of sp³-hybridized carbons (Fsp3) is 0.587. The molecule has 4 heterocycles. The highest BCUT2D eigenvalue weighted by atomic mass is 19.1. The van der Waals surface area contributed by atoms with E-state index >= 15 is 0 Å². The molecule has 0 radical (unpaired) electrons. The van der Waals surface area contributed by atoms with Gasteiger partial charge in [-0.3, -0.25) is 14.5 Å². The average Bonchev–Trinajstić information content (AvgIpc) is 3.63. The van der Waals surface area contributed by atoms with Gasteiger partial charge < -0.3 is 45.3 Å². The molecule has 7 rings (SSSR count). The molecule has 8 atom stereocenters. The number of rotatable bonds is 14. The zero-order chi connectivity index (χ0) is 46.3. The Morgan fingerprint density at radius 2 is 1.56 bits per heavy atom. The van der Waals surface area contributed by atoms with E-state index < -0.39 is 36.1 Å². The number of halogens is 4. The maximum absolute atomic E-state index is 15.0. The lowest BCUT2D eigenvalue weighted by Gasteiger charge is -2.29. The van der Waals surface area contributed by atoms with Crippen molar-refractivity contribution in [3.8, 4) is 11.5 Å². The molecule has 13 nitrogen and oxygen atoms in total. The number of aldehydes is 2. The minimum atomic E-state index is -1.14. The van der Waals surface area contributed by atoms with Gasteiger partial charge in [0.05, 0.1) is 47.4 Å². The number of imidazole rings is 1. The summed E-state index contributed by atoms with van der Waals surface area (Å²) in [4.78, 5) is 57.4. The van der Waals surface area contributed by atoms with Gasteiger partial charge in [0.2, 0.25) is 11.8 Å². The number of carbonyl (C=O) groups excluding carboxylic acids is 4. The Kier molecular flexibility index (Phi) is 16.7. The fourth-order valence-electron chi connectivity index (χ4n) is 8.20. The van der Waals surface area contributed by atoms with E-state index in [-0.39, 0.29) is 60.3 Å². The Morgan fingerprint density at radius 1 is 0.905 bits per heavy atom. The molecule has 4 aromatic rings. The molecule has 8 unspecified atom stereocenters. The molecule has 2 aromatic carbocycles. The Bertz CT molecular complexity index is 2200. The summed E-state index contributed by atoms with van der Waals surface area (Å²) in [5.41, 5.74) is 2.86. The van der Waals surface area contributed by atoms with Gasteiger partial charge >= 0.3 is 0 Å². The van der Waals surface area contributed by atoms with Gasteiger partial charge in [0.25, 0.3) is 0 Å². The normalized spacial score (nSPS) is 22.1. The molecule has 0 bridgehead atoms. The van der Waals surface area contributed by atoms with Crippen molar-refractivity contribution in [2.24, 2.45) is 11.3 Å². The van der Waals surface area contributed by atoms with E-state index in [1.807, 2.05) is 37.3 Å². The van der Waals surface area contributed by atoms with Crippen LogP contribution in [0.15, 0.2) is 36.4 Å². The number of aromatic amines is 1. The first-order chi connectivity index (χ1) is 29.8. The van der Waals surface area contributed by atoms with Crippen LogP contribution in [0.5, 0.6) is 0 Å². The number of carbonyl (C=O) groups is 4. The van der Waals surface area contributed by atoms with Crippen molar-refractivity contribution in [1.29, 1.82) is 0 Å². The largest absolute Gasteiger partial charge is 0.352 e.